The third-order valence-corrected chi connectivity index (χ3v) is 4.01. The van der Waals surface area contributed by atoms with Gasteiger partial charge in [0.25, 0.3) is 11.8 Å². The van der Waals surface area contributed by atoms with E-state index in [9.17, 15) is 14.4 Å². The van der Waals surface area contributed by atoms with E-state index in [1.807, 2.05) is 0 Å². The molecule has 0 saturated heterocycles. The first-order chi connectivity index (χ1) is 13.4. The molecule has 28 heavy (non-hydrogen) atoms. The minimum Gasteiger partial charge on any atom is -0.496 e. The number of benzene rings is 2. The van der Waals surface area contributed by atoms with E-state index in [0.29, 0.717) is 22.0 Å². The number of carbonyl (C=O) groups excluding carboxylic acids is 3. The summed E-state index contributed by atoms with van der Waals surface area (Å²) in [6, 6.07) is 13.3. The van der Waals surface area contributed by atoms with Gasteiger partial charge in [-0.1, -0.05) is 23.7 Å². The molecule has 8 heteroatoms. The molecule has 1 atom stereocenters. The number of esters is 1. The van der Waals surface area contributed by atoms with Crippen LogP contribution in [0.5, 0.6) is 5.75 Å². The summed E-state index contributed by atoms with van der Waals surface area (Å²) >= 11 is 5.79. The number of carbonyl (C=O) groups is 3. The van der Waals surface area contributed by atoms with Crippen LogP contribution >= 0.6 is 11.6 Å². The average Bonchev–Trinajstić information content (AvgIpc) is 2.69. The van der Waals surface area contributed by atoms with Crippen molar-refractivity contribution in [3.05, 3.63) is 59.1 Å². The van der Waals surface area contributed by atoms with Crippen LogP contribution in [0.1, 0.15) is 23.7 Å². The first-order valence-electron chi connectivity index (χ1n) is 8.58. The average molecular weight is 405 g/mol. The zero-order valence-electron chi connectivity index (χ0n) is 15.5. The topological polar surface area (TPSA) is 93.7 Å². The van der Waals surface area contributed by atoms with Crippen molar-refractivity contribution in [2.24, 2.45) is 0 Å². The maximum atomic E-state index is 12.1. The largest absolute Gasteiger partial charge is 0.496 e. The maximum absolute atomic E-state index is 12.1. The second kappa shape index (κ2) is 10.3. The number of halogens is 1. The van der Waals surface area contributed by atoms with Crippen molar-refractivity contribution >= 4 is 35.1 Å². The number of methoxy groups -OCH3 is 1. The number of rotatable bonds is 8. The molecule has 0 bridgehead atoms. The van der Waals surface area contributed by atoms with Gasteiger partial charge in [-0.05, 0) is 43.3 Å². The second-order valence-electron chi connectivity index (χ2n) is 5.83. The van der Waals surface area contributed by atoms with Crippen LogP contribution < -0.4 is 15.4 Å². The van der Waals surface area contributed by atoms with E-state index >= 15 is 0 Å². The Bertz CT molecular complexity index is 839. The summed E-state index contributed by atoms with van der Waals surface area (Å²) in [4.78, 5) is 36.1. The quantitative estimate of drug-likeness (QED) is 0.659. The van der Waals surface area contributed by atoms with Crippen LogP contribution in [0.4, 0.5) is 5.69 Å². The molecule has 2 N–H and O–H groups in total. The Kier molecular flexibility index (Phi) is 7.83. The van der Waals surface area contributed by atoms with Crippen molar-refractivity contribution in [2.45, 2.75) is 19.4 Å². The Balaban J connectivity index is 1.76. The van der Waals surface area contributed by atoms with Gasteiger partial charge in [-0.25, -0.2) is 0 Å². The molecule has 0 aliphatic rings. The monoisotopic (exact) mass is 404 g/mol. The van der Waals surface area contributed by atoms with Gasteiger partial charge in [-0.3, -0.25) is 14.4 Å². The van der Waals surface area contributed by atoms with E-state index < -0.39 is 18.0 Å². The number of ether oxygens (including phenoxy) is 2. The molecule has 0 radical (unpaired) electrons. The summed E-state index contributed by atoms with van der Waals surface area (Å²) < 4.78 is 10.2. The number of anilines is 1. The second-order valence-corrected chi connectivity index (χ2v) is 6.27. The summed E-state index contributed by atoms with van der Waals surface area (Å²) in [6.45, 7) is 1.54. The first kappa shape index (κ1) is 21.2. The number of hydrogen-bond donors (Lipinski definition) is 2. The third-order valence-electron chi connectivity index (χ3n) is 3.76. The first-order valence-corrected chi connectivity index (χ1v) is 8.95. The lowest BCUT2D eigenvalue weighted by Crippen LogP contribution is -2.32. The molecular weight excluding hydrogens is 384 g/mol. The van der Waals surface area contributed by atoms with Crippen molar-refractivity contribution < 1.29 is 23.9 Å². The van der Waals surface area contributed by atoms with Crippen molar-refractivity contribution in [1.82, 2.24) is 5.32 Å². The normalized spacial score (nSPS) is 11.2. The molecule has 0 saturated carbocycles. The highest BCUT2D eigenvalue weighted by molar-refractivity contribution is 6.30. The van der Waals surface area contributed by atoms with Crippen LogP contribution in [0.3, 0.4) is 0 Å². The van der Waals surface area contributed by atoms with Gasteiger partial charge in [0, 0.05) is 17.3 Å². The number of hydrogen-bond acceptors (Lipinski definition) is 5. The van der Waals surface area contributed by atoms with Crippen molar-refractivity contribution in [3.8, 4) is 5.75 Å². The Morgan fingerprint density at radius 1 is 1.07 bits per heavy atom. The Labute approximate surface area is 168 Å². The molecule has 7 nitrogen and oxygen atoms in total. The Morgan fingerprint density at radius 3 is 2.43 bits per heavy atom. The van der Waals surface area contributed by atoms with Gasteiger partial charge in [-0.2, -0.15) is 0 Å². The van der Waals surface area contributed by atoms with Crippen LogP contribution in [-0.4, -0.2) is 37.5 Å². The zero-order chi connectivity index (χ0) is 20.5. The lowest BCUT2D eigenvalue weighted by Gasteiger charge is -2.14. The molecule has 2 aromatic carbocycles. The third kappa shape index (κ3) is 6.28. The molecule has 0 unspecified atom stereocenters. The number of nitrogens with one attached hydrogen (secondary N) is 2. The van der Waals surface area contributed by atoms with E-state index in [-0.39, 0.29) is 18.9 Å². The predicted octanol–water partition coefficient (Wildman–Crippen LogP) is 3.04. The van der Waals surface area contributed by atoms with E-state index in [0.717, 1.165) is 0 Å². The molecule has 0 fully saturated rings. The molecule has 0 heterocycles. The van der Waals surface area contributed by atoms with Crippen molar-refractivity contribution in [1.29, 1.82) is 0 Å². The van der Waals surface area contributed by atoms with Crippen molar-refractivity contribution in [2.75, 3.05) is 19.0 Å². The highest BCUT2D eigenvalue weighted by Crippen LogP contribution is 2.17. The van der Waals surface area contributed by atoms with E-state index in [2.05, 4.69) is 10.6 Å². The lowest BCUT2D eigenvalue weighted by atomic mass is 10.2. The predicted molar refractivity (Wildman–Crippen MR) is 106 cm³/mol. The van der Waals surface area contributed by atoms with Gasteiger partial charge >= 0.3 is 5.97 Å². The van der Waals surface area contributed by atoms with Crippen LogP contribution in [0.15, 0.2) is 48.5 Å². The SMILES string of the molecule is COc1ccccc1C(=O)NCCC(=O)O[C@@H](C)C(=O)Nc1ccc(Cl)cc1. The molecule has 2 rings (SSSR count). The standard InChI is InChI=1S/C20H21ClN2O5/c1-13(19(25)23-15-9-7-14(21)8-10-15)28-18(24)11-12-22-20(26)16-5-3-4-6-17(16)27-2/h3-10,13H,11-12H2,1-2H3,(H,22,26)(H,23,25)/t13-/m0/s1. The van der Waals surface area contributed by atoms with Gasteiger partial charge < -0.3 is 20.1 Å². The molecule has 148 valence electrons. The molecule has 2 aromatic rings. The summed E-state index contributed by atoms with van der Waals surface area (Å²) in [5, 5.41) is 5.79. The highest BCUT2D eigenvalue weighted by Gasteiger charge is 2.18. The fourth-order valence-corrected chi connectivity index (χ4v) is 2.42. The number of amides is 2. The van der Waals surface area contributed by atoms with Gasteiger partial charge in [0.1, 0.15) is 5.75 Å². The molecule has 0 aliphatic carbocycles. The smallest absolute Gasteiger partial charge is 0.308 e. The van der Waals surface area contributed by atoms with Gasteiger partial charge in [0.05, 0.1) is 19.1 Å². The highest BCUT2D eigenvalue weighted by atomic mass is 35.5. The molecular formula is C20H21ClN2O5. The maximum Gasteiger partial charge on any atom is 0.308 e. The van der Waals surface area contributed by atoms with Crippen LogP contribution in [0.25, 0.3) is 0 Å². The van der Waals surface area contributed by atoms with E-state index in [1.165, 1.54) is 14.0 Å². The fraction of sp³-hybridized carbons (Fsp3) is 0.250. The van der Waals surface area contributed by atoms with Crippen molar-refractivity contribution in [3.63, 3.8) is 0 Å². The Morgan fingerprint density at radius 2 is 1.75 bits per heavy atom. The minimum absolute atomic E-state index is 0.0700. The van der Waals surface area contributed by atoms with E-state index in [1.54, 1.807) is 48.5 Å². The van der Waals surface area contributed by atoms with E-state index in [4.69, 9.17) is 21.1 Å². The Hall–Kier alpha value is -3.06. The lowest BCUT2D eigenvalue weighted by molar-refractivity contribution is -0.153. The molecule has 2 amide bonds. The van der Waals surface area contributed by atoms with Crippen LogP contribution in [0, 0.1) is 0 Å². The fourth-order valence-electron chi connectivity index (χ4n) is 2.29. The molecule has 0 aliphatic heterocycles. The van der Waals surface area contributed by atoms with Crippen LogP contribution in [-0.2, 0) is 14.3 Å². The van der Waals surface area contributed by atoms with Crippen LogP contribution in [0.2, 0.25) is 5.02 Å². The van der Waals surface area contributed by atoms with Gasteiger partial charge in [0.15, 0.2) is 6.10 Å². The summed E-state index contributed by atoms with van der Waals surface area (Å²) in [6.07, 6.45) is -1.05. The number of para-hydroxylation sites is 1. The summed E-state index contributed by atoms with van der Waals surface area (Å²) in [5.74, 6) is -0.985. The zero-order valence-corrected chi connectivity index (χ0v) is 16.3. The molecule has 0 spiro atoms. The summed E-state index contributed by atoms with van der Waals surface area (Å²) in [5.41, 5.74) is 0.912. The van der Waals surface area contributed by atoms with Gasteiger partial charge in [0.2, 0.25) is 0 Å². The minimum atomic E-state index is -0.979. The van der Waals surface area contributed by atoms with Gasteiger partial charge in [-0.15, -0.1) is 0 Å². The molecule has 0 aromatic heterocycles. The summed E-state index contributed by atoms with van der Waals surface area (Å²) in [7, 11) is 1.47.